The number of likely N-dealkylation sites (tertiary alicyclic amines) is 1. The van der Waals surface area contributed by atoms with Gasteiger partial charge in [0.05, 0.1) is 0 Å². The zero-order valence-electron chi connectivity index (χ0n) is 11.0. The fourth-order valence-corrected chi connectivity index (χ4v) is 3.08. The van der Waals surface area contributed by atoms with Gasteiger partial charge in [-0.15, -0.1) is 0 Å². The van der Waals surface area contributed by atoms with Gasteiger partial charge in [-0.1, -0.05) is 6.07 Å². The number of pyridine rings is 1. The summed E-state index contributed by atoms with van der Waals surface area (Å²) in [5, 5.41) is 11.9. The van der Waals surface area contributed by atoms with Crippen molar-refractivity contribution < 1.29 is 14.7 Å². The molecule has 2 aliphatic heterocycles. The molecule has 3 heterocycles. The molecule has 0 saturated carbocycles. The van der Waals surface area contributed by atoms with Crippen molar-refractivity contribution in [2.45, 2.75) is 25.4 Å². The van der Waals surface area contributed by atoms with Crippen LogP contribution in [-0.2, 0) is 5.66 Å². The number of carbonyl (C=O) groups excluding carboxylic acids is 1. The summed E-state index contributed by atoms with van der Waals surface area (Å²) in [4.78, 5) is 36.5. The zero-order chi connectivity index (χ0) is 14.5. The van der Waals surface area contributed by atoms with Gasteiger partial charge < -0.3 is 15.3 Å². The minimum Gasteiger partial charge on any atom is -0.465 e. The molecule has 1 spiro atoms. The fourth-order valence-electron chi connectivity index (χ4n) is 3.08. The van der Waals surface area contributed by atoms with Crippen molar-refractivity contribution in [2.24, 2.45) is 0 Å². The Morgan fingerprint density at radius 1 is 1.30 bits per heavy atom. The Morgan fingerprint density at radius 2 is 1.95 bits per heavy atom. The lowest BCUT2D eigenvalue weighted by atomic mass is 9.97. The summed E-state index contributed by atoms with van der Waals surface area (Å²) in [5.74, 6) is -0.260. The molecule has 0 aromatic carbocycles. The van der Waals surface area contributed by atoms with Crippen LogP contribution in [-0.4, -0.2) is 39.7 Å². The first-order chi connectivity index (χ1) is 9.44. The molecular formula is C13H15N3O4. The van der Waals surface area contributed by atoms with Gasteiger partial charge in [0.15, 0.2) is 0 Å². The van der Waals surface area contributed by atoms with E-state index in [0.29, 0.717) is 31.6 Å². The Balaban J connectivity index is 2.04. The quantitative estimate of drug-likeness (QED) is 0.714. The third kappa shape index (κ3) is 1.62. The highest BCUT2D eigenvalue weighted by molar-refractivity contribution is 5.96. The van der Waals surface area contributed by atoms with E-state index in [1.165, 1.54) is 15.5 Å². The molecule has 0 unspecified atom stereocenters. The number of hydrogen-bond donors (Lipinski definition) is 2. The number of carboxylic acid groups (broad SMARTS) is 1. The van der Waals surface area contributed by atoms with E-state index >= 15 is 0 Å². The molecule has 2 N–H and O–H groups in total. The van der Waals surface area contributed by atoms with Crippen LogP contribution in [0.3, 0.4) is 0 Å². The van der Waals surface area contributed by atoms with Crippen molar-refractivity contribution in [2.75, 3.05) is 13.1 Å². The summed E-state index contributed by atoms with van der Waals surface area (Å²) in [6.45, 7) is 2.39. The first-order valence-electron chi connectivity index (χ1n) is 6.48. The van der Waals surface area contributed by atoms with Crippen LogP contribution >= 0.6 is 0 Å². The summed E-state index contributed by atoms with van der Waals surface area (Å²) in [7, 11) is 0. The molecule has 0 aliphatic carbocycles. The van der Waals surface area contributed by atoms with Crippen molar-refractivity contribution in [1.82, 2.24) is 14.8 Å². The number of aryl methyl sites for hydroxylation is 1. The molecule has 0 bridgehead atoms. The molecule has 7 nitrogen and oxygen atoms in total. The average molecular weight is 277 g/mol. The Hall–Kier alpha value is -2.31. The van der Waals surface area contributed by atoms with E-state index in [0.717, 1.165) is 5.56 Å². The SMILES string of the molecule is Cc1ccc(=O)n2c1C(=O)NC21CCN(C(=O)O)CC1. The second-order valence-corrected chi connectivity index (χ2v) is 5.29. The van der Waals surface area contributed by atoms with Gasteiger partial charge in [0.25, 0.3) is 11.5 Å². The number of piperidine rings is 1. The lowest BCUT2D eigenvalue weighted by Crippen LogP contribution is -2.55. The van der Waals surface area contributed by atoms with Crippen LogP contribution in [0.25, 0.3) is 0 Å². The van der Waals surface area contributed by atoms with Gasteiger partial charge in [-0.25, -0.2) is 4.79 Å². The highest BCUT2D eigenvalue weighted by Gasteiger charge is 2.46. The molecule has 7 heteroatoms. The van der Waals surface area contributed by atoms with Gasteiger partial charge in [0, 0.05) is 32.0 Å². The Labute approximate surface area is 114 Å². The van der Waals surface area contributed by atoms with Crippen LogP contribution in [0, 0.1) is 6.92 Å². The highest BCUT2D eigenvalue weighted by atomic mass is 16.4. The monoisotopic (exact) mass is 277 g/mol. The van der Waals surface area contributed by atoms with E-state index in [1.54, 1.807) is 13.0 Å². The molecule has 1 fully saturated rings. The Morgan fingerprint density at radius 3 is 2.55 bits per heavy atom. The van der Waals surface area contributed by atoms with E-state index in [4.69, 9.17) is 5.11 Å². The normalized spacial score (nSPS) is 19.9. The smallest absolute Gasteiger partial charge is 0.407 e. The Bertz CT molecular complexity index is 656. The second-order valence-electron chi connectivity index (χ2n) is 5.29. The minimum absolute atomic E-state index is 0.229. The number of carbonyl (C=O) groups is 2. The standard InChI is InChI=1S/C13H15N3O4/c1-8-2-3-9(17)16-10(8)11(18)14-13(16)4-6-15(7-5-13)12(19)20/h2-3H,4-7H2,1H3,(H,14,18)(H,19,20). The van der Waals surface area contributed by atoms with Crippen LogP contribution in [0.5, 0.6) is 0 Å². The molecule has 106 valence electrons. The number of hydrogen-bond acceptors (Lipinski definition) is 3. The highest BCUT2D eigenvalue weighted by Crippen LogP contribution is 2.32. The summed E-state index contributed by atoms with van der Waals surface area (Å²) in [6.07, 6.45) is -0.163. The van der Waals surface area contributed by atoms with Crippen molar-refractivity contribution in [1.29, 1.82) is 0 Å². The molecule has 2 aliphatic rings. The minimum atomic E-state index is -0.971. The van der Waals surface area contributed by atoms with Gasteiger partial charge in [-0.05, 0) is 12.5 Å². The van der Waals surface area contributed by atoms with Crippen molar-refractivity contribution in [3.63, 3.8) is 0 Å². The number of fused-ring (bicyclic) bond motifs is 2. The van der Waals surface area contributed by atoms with Gasteiger partial charge in [-0.3, -0.25) is 14.2 Å². The third-order valence-corrected chi connectivity index (χ3v) is 4.14. The predicted octanol–water partition coefficient (Wildman–Crippen LogP) is 0.327. The van der Waals surface area contributed by atoms with Crippen LogP contribution < -0.4 is 10.9 Å². The molecule has 1 aromatic heterocycles. The van der Waals surface area contributed by atoms with Gasteiger partial charge in [-0.2, -0.15) is 0 Å². The molecule has 1 aromatic rings. The van der Waals surface area contributed by atoms with Crippen LogP contribution in [0.2, 0.25) is 0 Å². The molecule has 20 heavy (non-hydrogen) atoms. The van der Waals surface area contributed by atoms with Crippen LogP contribution in [0.15, 0.2) is 16.9 Å². The van der Waals surface area contributed by atoms with Crippen LogP contribution in [0.1, 0.15) is 28.9 Å². The predicted molar refractivity (Wildman–Crippen MR) is 69.7 cm³/mol. The molecular weight excluding hydrogens is 262 g/mol. The summed E-state index contributed by atoms with van der Waals surface area (Å²) >= 11 is 0. The lowest BCUT2D eigenvalue weighted by molar-refractivity contribution is 0.0725. The maximum Gasteiger partial charge on any atom is 0.407 e. The molecule has 1 saturated heterocycles. The van der Waals surface area contributed by atoms with Crippen molar-refractivity contribution in [3.8, 4) is 0 Å². The molecule has 3 rings (SSSR count). The summed E-state index contributed by atoms with van der Waals surface area (Å²) < 4.78 is 1.50. The third-order valence-electron chi connectivity index (χ3n) is 4.14. The average Bonchev–Trinajstić information content (AvgIpc) is 2.69. The topological polar surface area (TPSA) is 91.6 Å². The van der Waals surface area contributed by atoms with E-state index < -0.39 is 11.8 Å². The molecule has 0 atom stereocenters. The fraction of sp³-hybridized carbons (Fsp3) is 0.462. The maximum absolute atomic E-state index is 12.1. The van der Waals surface area contributed by atoms with E-state index in [1.807, 2.05) is 0 Å². The second kappa shape index (κ2) is 4.09. The largest absolute Gasteiger partial charge is 0.465 e. The number of nitrogens with one attached hydrogen (secondary N) is 1. The number of aromatic nitrogens is 1. The number of nitrogens with zero attached hydrogens (tertiary/aromatic N) is 2. The molecule has 2 amide bonds. The number of amides is 2. The van der Waals surface area contributed by atoms with Gasteiger partial charge in [0.2, 0.25) is 0 Å². The maximum atomic E-state index is 12.1. The lowest BCUT2D eigenvalue weighted by Gasteiger charge is -2.39. The zero-order valence-corrected chi connectivity index (χ0v) is 11.0. The first kappa shape index (κ1) is 12.7. The van der Waals surface area contributed by atoms with E-state index in [9.17, 15) is 14.4 Å². The van der Waals surface area contributed by atoms with Crippen molar-refractivity contribution >= 4 is 12.0 Å². The van der Waals surface area contributed by atoms with E-state index in [-0.39, 0.29) is 11.5 Å². The van der Waals surface area contributed by atoms with Crippen molar-refractivity contribution in [3.05, 3.63) is 33.7 Å². The summed E-state index contributed by atoms with van der Waals surface area (Å²) in [6, 6.07) is 3.09. The van der Waals surface area contributed by atoms with Gasteiger partial charge in [0.1, 0.15) is 11.4 Å². The molecule has 0 radical (unpaired) electrons. The number of rotatable bonds is 0. The van der Waals surface area contributed by atoms with Crippen LogP contribution in [0.4, 0.5) is 4.79 Å². The van der Waals surface area contributed by atoms with Gasteiger partial charge >= 0.3 is 6.09 Å². The van der Waals surface area contributed by atoms with E-state index in [2.05, 4.69) is 5.32 Å². The first-order valence-corrected chi connectivity index (χ1v) is 6.48. The Kier molecular flexibility index (Phi) is 2.60. The summed E-state index contributed by atoms with van der Waals surface area (Å²) in [5.41, 5.74) is 0.134.